The predicted molar refractivity (Wildman–Crippen MR) is 72.3 cm³/mol. The molecular weight excluding hydrogens is 226 g/mol. The molecule has 1 amide bonds. The van der Waals surface area contributed by atoms with Gasteiger partial charge in [-0.05, 0) is 25.5 Å². The van der Waals surface area contributed by atoms with E-state index < -0.39 is 0 Å². The Balaban J connectivity index is 2.45. The van der Waals surface area contributed by atoms with E-state index in [1.54, 1.807) is 0 Å². The fraction of sp³-hybridized carbons (Fsp3) is 0.429. The highest BCUT2D eigenvalue weighted by Crippen LogP contribution is 2.21. The first kappa shape index (κ1) is 12.6. The second kappa shape index (κ2) is 5.67. The predicted octanol–water partition coefficient (Wildman–Crippen LogP) is 2.64. The number of unbranched alkanes of at least 4 members (excludes halogenated alkanes) is 1. The molecule has 1 heterocycles. The van der Waals surface area contributed by atoms with Gasteiger partial charge in [0.25, 0.3) is 0 Å². The zero-order valence-electron chi connectivity index (χ0n) is 10.9. The number of para-hydroxylation sites is 2. The second-order valence-electron chi connectivity index (χ2n) is 4.47. The Labute approximate surface area is 107 Å². The van der Waals surface area contributed by atoms with Gasteiger partial charge in [-0.15, -0.1) is 0 Å². The molecule has 0 aliphatic carbocycles. The Kier molecular flexibility index (Phi) is 3.97. The highest BCUT2D eigenvalue weighted by atomic mass is 16.1. The first-order valence-corrected chi connectivity index (χ1v) is 6.42. The molecule has 1 atom stereocenters. The fourth-order valence-electron chi connectivity index (χ4n) is 2.15. The van der Waals surface area contributed by atoms with Crippen LogP contribution in [0.3, 0.4) is 0 Å². The van der Waals surface area contributed by atoms with Gasteiger partial charge in [0.05, 0.1) is 17.1 Å². The van der Waals surface area contributed by atoms with Gasteiger partial charge in [0.15, 0.2) is 0 Å². The summed E-state index contributed by atoms with van der Waals surface area (Å²) in [6.07, 6.45) is 2.98. The lowest BCUT2D eigenvalue weighted by Crippen LogP contribution is -2.20. The summed E-state index contributed by atoms with van der Waals surface area (Å²) in [6.45, 7) is 5.07. The molecule has 2 rings (SSSR count). The third kappa shape index (κ3) is 2.37. The van der Waals surface area contributed by atoms with Crippen molar-refractivity contribution in [2.24, 2.45) is 0 Å². The van der Waals surface area contributed by atoms with Crippen molar-refractivity contribution < 1.29 is 4.79 Å². The van der Waals surface area contributed by atoms with Gasteiger partial charge in [0.2, 0.25) is 6.41 Å². The summed E-state index contributed by atoms with van der Waals surface area (Å²) in [7, 11) is 0. The van der Waals surface area contributed by atoms with E-state index in [9.17, 15) is 4.79 Å². The van der Waals surface area contributed by atoms with Gasteiger partial charge in [-0.1, -0.05) is 25.5 Å². The number of imidazole rings is 1. The SMILES string of the molecule is CCCCn1c([C@H](C)NC=O)nc2ccccc21. The molecule has 1 aromatic heterocycles. The third-order valence-corrected chi connectivity index (χ3v) is 3.12. The van der Waals surface area contributed by atoms with Crippen LogP contribution in [-0.4, -0.2) is 16.0 Å². The average molecular weight is 245 g/mol. The fourth-order valence-corrected chi connectivity index (χ4v) is 2.15. The number of aromatic nitrogens is 2. The normalized spacial score (nSPS) is 12.6. The first-order chi connectivity index (χ1) is 8.77. The van der Waals surface area contributed by atoms with Crippen molar-refractivity contribution in [2.75, 3.05) is 0 Å². The standard InChI is InChI=1S/C14H19N3O/c1-3-4-9-17-13-8-6-5-7-12(13)16-14(17)11(2)15-10-18/h5-8,10-11H,3-4,9H2,1-2H3,(H,15,18)/t11-/m0/s1. The van der Waals surface area contributed by atoms with Crippen LogP contribution in [0, 0.1) is 0 Å². The molecule has 0 radical (unpaired) electrons. The van der Waals surface area contributed by atoms with Crippen LogP contribution in [0.15, 0.2) is 24.3 Å². The lowest BCUT2D eigenvalue weighted by atomic mass is 10.2. The number of benzene rings is 1. The van der Waals surface area contributed by atoms with Crippen LogP contribution in [-0.2, 0) is 11.3 Å². The van der Waals surface area contributed by atoms with E-state index >= 15 is 0 Å². The number of carbonyl (C=O) groups is 1. The minimum Gasteiger partial charge on any atom is -0.349 e. The van der Waals surface area contributed by atoms with E-state index in [1.165, 1.54) is 0 Å². The van der Waals surface area contributed by atoms with Gasteiger partial charge in [-0.3, -0.25) is 4.79 Å². The number of fused-ring (bicyclic) bond motifs is 1. The van der Waals surface area contributed by atoms with Crippen molar-refractivity contribution in [3.63, 3.8) is 0 Å². The van der Waals surface area contributed by atoms with Crippen molar-refractivity contribution in [2.45, 2.75) is 39.3 Å². The molecule has 0 unspecified atom stereocenters. The maximum Gasteiger partial charge on any atom is 0.207 e. The Morgan fingerprint density at radius 1 is 1.44 bits per heavy atom. The minimum absolute atomic E-state index is 0.0632. The van der Waals surface area contributed by atoms with Crippen LogP contribution in [0.25, 0.3) is 11.0 Å². The summed E-state index contributed by atoms with van der Waals surface area (Å²) in [4.78, 5) is 15.2. The Bertz CT molecular complexity index is 533. The maximum absolute atomic E-state index is 10.6. The first-order valence-electron chi connectivity index (χ1n) is 6.42. The lowest BCUT2D eigenvalue weighted by Gasteiger charge is -2.13. The molecule has 0 bridgehead atoms. The molecule has 0 spiro atoms. The summed E-state index contributed by atoms with van der Waals surface area (Å²) in [5.74, 6) is 0.928. The number of carbonyl (C=O) groups excluding carboxylic acids is 1. The molecule has 18 heavy (non-hydrogen) atoms. The van der Waals surface area contributed by atoms with Crippen LogP contribution in [0.1, 0.15) is 38.6 Å². The van der Waals surface area contributed by atoms with E-state index in [4.69, 9.17) is 0 Å². The van der Waals surface area contributed by atoms with Gasteiger partial charge < -0.3 is 9.88 Å². The van der Waals surface area contributed by atoms with E-state index in [1.807, 2.05) is 25.1 Å². The van der Waals surface area contributed by atoms with Crippen molar-refractivity contribution in [3.8, 4) is 0 Å². The Hall–Kier alpha value is -1.84. The maximum atomic E-state index is 10.6. The van der Waals surface area contributed by atoms with E-state index in [2.05, 4.69) is 27.9 Å². The topological polar surface area (TPSA) is 46.9 Å². The summed E-state index contributed by atoms with van der Waals surface area (Å²) in [6, 6.07) is 8.03. The third-order valence-electron chi connectivity index (χ3n) is 3.12. The number of aryl methyl sites for hydroxylation is 1. The molecule has 0 saturated carbocycles. The number of hydrogen-bond donors (Lipinski definition) is 1. The highest BCUT2D eigenvalue weighted by Gasteiger charge is 2.15. The molecule has 0 fully saturated rings. The number of amides is 1. The molecular formula is C14H19N3O. The number of hydrogen-bond acceptors (Lipinski definition) is 2. The summed E-state index contributed by atoms with van der Waals surface area (Å²) >= 11 is 0. The summed E-state index contributed by atoms with van der Waals surface area (Å²) in [5, 5.41) is 2.78. The van der Waals surface area contributed by atoms with Crippen molar-refractivity contribution in [1.82, 2.24) is 14.9 Å². The second-order valence-corrected chi connectivity index (χ2v) is 4.47. The Morgan fingerprint density at radius 2 is 2.22 bits per heavy atom. The highest BCUT2D eigenvalue weighted by molar-refractivity contribution is 5.76. The number of nitrogens with zero attached hydrogens (tertiary/aromatic N) is 2. The average Bonchev–Trinajstić information content (AvgIpc) is 2.75. The van der Waals surface area contributed by atoms with Gasteiger partial charge >= 0.3 is 0 Å². The van der Waals surface area contributed by atoms with E-state index in [0.29, 0.717) is 0 Å². The minimum atomic E-state index is -0.0632. The van der Waals surface area contributed by atoms with Crippen molar-refractivity contribution in [3.05, 3.63) is 30.1 Å². The monoisotopic (exact) mass is 245 g/mol. The van der Waals surface area contributed by atoms with Crippen LogP contribution in [0.5, 0.6) is 0 Å². The molecule has 0 saturated heterocycles. The number of nitrogens with one attached hydrogen (secondary N) is 1. The van der Waals surface area contributed by atoms with Gasteiger partial charge in [0, 0.05) is 6.54 Å². The molecule has 4 heteroatoms. The zero-order chi connectivity index (χ0) is 13.0. The van der Waals surface area contributed by atoms with Crippen molar-refractivity contribution >= 4 is 17.4 Å². The van der Waals surface area contributed by atoms with E-state index in [0.717, 1.165) is 42.7 Å². The van der Waals surface area contributed by atoms with E-state index in [-0.39, 0.29) is 6.04 Å². The molecule has 96 valence electrons. The van der Waals surface area contributed by atoms with Crippen LogP contribution in [0.2, 0.25) is 0 Å². The summed E-state index contributed by atoms with van der Waals surface area (Å²) in [5.41, 5.74) is 2.13. The molecule has 1 aromatic carbocycles. The van der Waals surface area contributed by atoms with Gasteiger partial charge in [-0.25, -0.2) is 4.98 Å². The molecule has 4 nitrogen and oxygen atoms in total. The quantitative estimate of drug-likeness (QED) is 0.795. The smallest absolute Gasteiger partial charge is 0.207 e. The largest absolute Gasteiger partial charge is 0.349 e. The molecule has 0 aliphatic rings. The summed E-state index contributed by atoms with van der Waals surface area (Å²) < 4.78 is 2.21. The molecule has 2 aromatic rings. The van der Waals surface area contributed by atoms with Gasteiger partial charge in [0.1, 0.15) is 5.82 Å². The van der Waals surface area contributed by atoms with Crippen LogP contribution in [0.4, 0.5) is 0 Å². The van der Waals surface area contributed by atoms with Gasteiger partial charge in [-0.2, -0.15) is 0 Å². The number of rotatable bonds is 6. The lowest BCUT2D eigenvalue weighted by molar-refractivity contribution is -0.110. The Morgan fingerprint density at radius 3 is 2.94 bits per heavy atom. The van der Waals surface area contributed by atoms with Crippen molar-refractivity contribution in [1.29, 1.82) is 0 Å². The molecule has 0 aliphatic heterocycles. The van der Waals surface area contributed by atoms with Crippen LogP contribution < -0.4 is 5.32 Å². The van der Waals surface area contributed by atoms with Crippen LogP contribution >= 0.6 is 0 Å². The zero-order valence-corrected chi connectivity index (χ0v) is 10.9. The molecule has 1 N–H and O–H groups in total.